The predicted octanol–water partition coefficient (Wildman–Crippen LogP) is 1.55. The van der Waals surface area contributed by atoms with Gasteiger partial charge in [-0.05, 0) is 52.0 Å². The Morgan fingerprint density at radius 3 is 2.67 bits per heavy atom. The summed E-state index contributed by atoms with van der Waals surface area (Å²) in [5, 5.41) is 0. The van der Waals surface area contributed by atoms with Gasteiger partial charge in [-0.2, -0.15) is 0 Å². The summed E-state index contributed by atoms with van der Waals surface area (Å²) in [6.45, 7) is 4.15. The molecular formula is C14H25N3O. The lowest BCUT2D eigenvalue weighted by molar-refractivity contribution is 0.122. The second-order valence-electron chi connectivity index (χ2n) is 5.55. The van der Waals surface area contributed by atoms with Gasteiger partial charge in [0.15, 0.2) is 0 Å². The van der Waals surface area contributed by atoms with Gasteiger partial charge in [-0.15, -0.1) is 0 Å². The fourth-order valence-corrected chi connectivity index (χ4v) is 2.92. The van der Waals surface area contributed by atoms with E-state index in [-0.39, 0.29) is 0 Å². The molecule has 1 saturated heterocycles. The third-order valence-electron chi connectivity index (χ3n) is 3.86. The fourth-order valence-electron chi connectivity index (χ4n) is 2.92. The van der Waals surface area contributed by atoms with Gasteiger partial charge >= 0.3 is 0 Å². The van der Waals surface area contributed by atoms with Crippen LogP contribution < -0.4 is 5.73 Å². The number of hydrogen-bond donors (Lipinski definition) is 1. The van der Waals surface area contributed by atoms with Crippen molar-refractivity contribution in [2.24, 2.45) is 11.7 Å². The van der Waals surface area contributed by atoms with Crippen molar-refractivity contribution in [2.45, 2.75) is 18.9 Å². The summed E-state index contributed by atoms with van der Waals surface area (Å²) in [5.74, 6) is 0.832. The topological polar surface area (TPSA) is 45.6 Å². The largest absolute Gasteiger partial charge is 0.472 e. The van der Waals surface area contributed by atoms with Crippen LogP contribution in [0.1, 0.15) is 24.4 Å². The second-order valence-corrected chi connectivity index (χ2v) is 5.55. The highest BCUT2D eigenvalue weighted by Gasteiger charge is 2.25. The molecule has 0 aromatic carbocycles. The Labute approximate surface area is 110 Å². The van der Waals surface area contributed by atoms with Crippen molar-refractivity contribution in [1.29, 1.82) is 0 Å². The van der Waals surface area contributed by atoms with Crippen molar-refractivity contribution in [1.82, 2.24) is 9.80 Å². The molecular weight excluding hydrogens is 226 g/mol. The third-order valence-corrected chi connectivity index (χ3v) is 3.86. The summed E-state index contributed by atoms with van der Waals surface area (Å²) in [6, 6.07) is 2.35. The number of piperidine rings is 1. The summed E-state index contributed by atoms with van der Waals surface area (Å²) < 4.78 is 5.17. The minimum atomic E-state index is 0.323. The quantitative estimate of drug-likeness (QED) is 0.862. The van der Waals surface area contributed by atoms with E-state index in [1.54, 1.807) is 6.26 Å². The van der Waals surface area contributed by atoms with Crippen LogP contribution >= 0.6 is 0 Å². The molecule has 0 spiro atoms. The molecule has 0 bridgehead atoms. The van der Waals surface area contributed by atoms with Crippen LogP contribution in [0.3, 0.4) is 0 Å². The van der Waals surface area contributed by atoms with Crippen molar-refractivity contribution in [2.75, 3.05) is 40.3 Å². The van der Waals surface area contributed by atoms with Crippen molar-refractivity contribution in [3.05, 3.63) is 24.2 Å². The third kappa shape index (κ3) is 3.34. The molecule has 2 heterocycles. The molecule has 0 radical (unpaired) electrons. The van der Waals surface area contributed by atoms with E-state index in [0.717, 1.165) is 19.0 Å². The molecule has 1 aromatic heterocycles. The number of rotatable bonds is 5. The first-order valence-corrected chi connectivity index (χ1v) is 6.81. The normalized spacial score (nSPS) is 20.4. The van der Waals surface area contributed by atoms with Crippen LogP contribution in [0.2, 0.25) is 0 Å². The molecule has 0 aliphatic carbocycles. The molecule has 1 aliphatic rings. The molecule has 2 rings (SSSR count). The Hall–Kier alpha value is -0.840. The van der Waals surface area contributed by atoms with Crippen molar-refractivity contribution < 1.29 is 4.42 Å². The number of furan rings is 1. The van der Waals surface area contributed by atoms with Crippen LogP contribution in [-0.4, -0.2) is 50.1 Å². The second kappa shape index (κ2) is 6.36. The van der Waals surface area contributed by atoms with E-state index in [4.69, 9.17) is 10.2 Å². The molecule has 18 heavy (non-hydrogen) atoms. The van der Waals surface area contributed by atoms with Crippen LogP contribution in [-0.2, 0) is 0 Å². The smallest absolute Gasteiger partial charge is 0.0950 e. The first-order chi connectivity index (χ1) is 8.70. The molecule has 0 saturated carbocycles. The summed E-state index contributed by atoms with van der Waals surface area (Å²) in [7, 11) is 4.31. The monoisotopic (exact) mass is 251 g/mol. The molecule has 1 aromatic rings. The van der Waals surface area contributed by atoms with Gasteiger partial charge < -0.3 is 15.1 Å². The van der Waals surface area contributed by atoms with Gasteiger partial charge in [0.25, 0.3) is 0 Å². The molecule has 102 valence electrons. The van der Waals surface area contributed by atoms with Crippen molar-refractivity contribution in [3.63, 3.8) is 0 Å². The van der Waals surface area contributed by atoms with Crippen LogP contribution in [0.5, 0.6) is 0 Å². The summed E-state index contributed by atoms with van der Waals surface area (Å²) in [4.78, 5) is 4.79. The fraction of sp³-hybridized carbons (Fsp3) is 0.714. The lowest BCUT2D eigenvalue weighted by Gasteiger charge is -2.37. The molecule has 1 atom stereocenters. The zero-order chi connectivity index (χ0) is 13.0. The minimum Gasteiger partial charge on any atom is -0.472 e. The van der Waals surface area contributed by atoms with Crippen molar-refractivity contribution in [3.8, 4) is 0 Å². The van der Waals surface area contributed by atoms with Gasteiger partial charge in [-0.3, -0.25) is 4.90 Å². The predicted molar refractivity (Wildman–Crippen MR) is 73.4 cm³/mol. The van der Waals surface area contributed by atoms with Crippen molar-refractivity contribution >= 4 is 0 Å². The number of nitrogens with two attached hydrogens (primary N) is 1. The lowest BCUT2D eigenvalue weighted by Crippen LogP contribution is -2.41. The first kappa shape index (κ1) is 13.6. The summed E-state index contributed by atoms with van der Waals surface area (Å²) >= 11 is 0. The maximum absolute atomic E-state index is 5.92. The van der Waals surface area contributed by atoms with E-state index in [0.29, 0.717) is 12.6 Å². The number of likely N-dealkylation sites (tertiary alicyclic amines) is 1. The Bertz CT molecular complexity index is 329. The van der Waals surface area contributed by atoms with Gasteiger partial charge in [-0.1, -0.05) is 0 Å². The highest BCUT2D eigenvalue weighted by Crippen LogP contribution is 2.26. The van der Waals surface area contributed by atoms with Gasteiger partial charge in [0.05, 0.1) is 18.6 Å². The Morgan fingerprint density at radius 2 is 2.17 bits per heavy atom. The van der Waals surface area contributed by atoms with Gasteiger partial charge in [0.1, 0.15) is 0 Å². The SMILES string of the molecule is CN(C)CC1CCN(C(CN)c2ccoc2)CC1. The Kier molecular flexibility index (Phi) is 4.80. The maximum atomic E-state index is 5.92. The van der Waals surface area contributed by atoms with Crippen LogP contribution in [0.4, 0.5) is 0 Å². The van der Waals surface area contributed by atoms with E-state index < -0.39 is 0 Å². The molecule has 0 amide bonds. The first-order valence-electron chi connectivity index (χ1n) is 6.81. The highest BCUT2D eigenvalue weighted by molar-refractivity contribution is 5.12. The Balaban J connectivity index is 1.88. The number of hydrogen-bond acceptors (Lipinski definition) is 4. The molecule has 2 N–H and O–H groups in total. The zero-order valence-electron chi connectivity index (χ0n) is 11.5. The summed E-state index contributed by atoms with van der Waals surface area (Å²) in [6.07, 6.45) is 6.10. The number of nitrogens with zero attached hydrogens (tertiary/aromatic N) is 2. The van der Waals surface area contributed by atoms with Gasteiger partial charge in [0.2, 0.25) is 0 Å². The van der Waals surface area contributed by atoms with E-state index in [9.17, 15) is 0 Å². The Morgan fingerprint density at radius 1 is 1.44 bits per heavy atom. The van der Waals surface area contributed by atoms with E-state index in [2.05, 4.69) is 23.9 Å². The molecule has 1 unspecified atom stereocenters. The lowest BCUT2D eigenvalue weighted by atomic mass is 9.94. The van der Waals surface area contributed by atoms with Gasteiger partial charge in [-0.25, -0.2) is 0 Å². The van der Waals surface area contributed by atoms with E-state index >= 15 is 0 Å². The average Bonchev–Trinajstić information content (AvgIpc) is 2.85. The minimum absolute atomic E-state index is 0.323. The van der Waals surface area contributed by atoms with Crippen LogP contribution in [0.25, 0.3) is 0 Å². The zero-order valence-corrected chi connectivity index (χ0v) is 11.5. The van der Waals surface area contributed by atoms with E-state index in [1.165, 1.54) is 24.9 Å². The average molecular weight is 251 g/mol. The molecule has 4 nitrogen and oxygen atoms in total. The maximum Gasteiger partial charge on any atom is 0.0950 e. The molecule has 1 fully saturated rings. The van der Waals surface area contributed by atoms with Gasteiger partial charge in [0, 0.05) is 18.7 Å². The van der Waals surface area contributed by atoms with E-state index in [1.807, 2.05) is 12.3 Å². The van der Waals surface area contributed by atoms with Crippen LogP contribution in [0.15, 0.2) is 23.0 Å². The van der Waals surface area contributed by atoms with Crippen LogP contribution in [0, 0.1) is 5.92 Å². The highest BCUT2D eigenvalue weighted by atomic mass is 16.3. The summed E-state index contributed by atoms with van der Waals surface area (Å²) in [5.41, 5.74) is 7.13. The molecule has 1 aliphatic heterocycles. The standard InChI is InChI=1S/C14H25N3O/c1-16(2)10-12-3-6-17(7-4-12)14(9-15)13-5-8-18-11-13/h5,8,11-12,14H,3-4,6-7,9-10,15H2,1-2H3. The molecule has 4 heteroatoms.